The zero-order valence-electron chi connectivity index (χ0n) is 17.9. The van der Waals surface area contributed by atoms with Crippen molar-refractivity contribution in [3.05, 3.63) is 64.5 Å². The first kappa shape index (κ1) is 20.1. The fourth-order valence-corrected chi connectivity index (χ4v) is 3.96. The van der Waals surface area contributed by atoms with E-state index in [1.54, 1.807) is 29.0 Å². The van der Waals surface area contributed by atoms with Gasteiger partial charge in [0, 0.05) is 24.4 Å². The van der Waals surface area contributed by atoms with Gasteiger partial charge in [-0.1, -0.05) is 5.21 Å². The maximum atomic E-state index is 12.7. The van der Waals surface area contributed by atoms with Crippen LogP contribution in [0.15, 0.2) is 47.4 Å². The van der Waals surface area contributed by atoms with E-state index in [0.717, 1.165) is 16.8 Å². The molecule has 4 aromatic rings. The van der Waals surface area contributed by atoms with Crippen molar-refractivity contribution in [2.45, 2.75) is 25.7 Å². The number of ether oxygens (including phenoxy) is 4. The minimum Gasteiger partial charge on any atom is -0.485 e. The molecular formula is C22H19N7O5. The molecule has 2 aliphatic heterocycles. The van der Waals surface area contributed by atoms with E-state index in [1.807, 2.05) is 18.2 Å². The van der Waals surface area contributed by atoms with Gasteiger partial charge in [0.05, 0.1) is 5.69 Å². The Labute approximate surface area is 192 Å². The summed E-state index contributed by atoms with van der Waals surface area (Å²) in [6, 6.07) is 11.1. The van der Waals surface area contributed by atoms with Crippen molar-refractivity contribution >= 4 is 0 Å². The van der Waals surface area contributed by atoms with Crippen LogP contribution in [0, 0.1) is 0 Å². The maximum absolute atomic E-state index is 12.7. The van der Waals surface area contributed by atoms with Crippen molar-refractivity contribution in [1.82, 2.24) is 35.2 Å². The van der Waals surface area contributed by atoms with Crippen LogP contribution in [-0.4, -0.2) is 54.5 Å². The number of hydrogen-bond donors (Lipinski definition) is 1. The molecule has 0 aliphatic carbocycles. The third kappa shape index (κ3) is 3.89. The van der Waals surface area contributed by atoms with E-state index in [4.69, 9.17) is 18.9 Å². The number of tetrazole rings is 1. The standard InChI is InChI=1S/C22H19N7O5/c30-22-24-20(32-10-15-11-33-21-18(34-15)2-1-6-23-21)9-17-16-4-3-14(8-13(16)5-7-29(17)22)31-12-19-25-27-28-26-19/h1-4,6,8-9,15H,5,7,10-12H2,(H,25,26,27,28). The van der Waals surface area contributed by atoms with Gasteiger partial charge in [0.1, 0.15) is 19.0 Å². The predicted octanol–water partition coefficient (Wildman–Crippen LogP) is 1.17. The van der Waals surface area contributed by atoms with Gasteiger partial charge in [-0.15, -0.1) is 10.2 Å². The molecule has 1 unspecified atom stereocenters. The van der Waals surface area contributed by atoms with E-state index in [-0.39, 0.29) is 30.9 Å². The number of nitrogens with zero attached hydrogens (tertiary/aromatic N) is 6. The van der Waals surface area contributed by atoms with Crippen molar-refractivity contribution in [1.29, 1.82) is 0 Å². The summed E-state index contributed by atoms with van der Waals surface area (Å²) in [7, 11) is 0. The summed E-state index contributed by atoms with van der Waals surface area (Å²) >= 11 is 0. The van der Waals surface area contributed by atoms with Gasteiger partial charge in [-0.2, -0.15) is 10.2 Å². The number of hydrogen-bond acceptors (Lipinski definition) is 10. The number of fused-ring (bicyclic) bond motifs is 4. The van der Waals surface area contributed by atoms with Gasteiger partial charge in [0.25, 0.3) is 5.88 Å². The van der Waals surface area contributed by atoms with Crippen molar-refractivity contribution in [3.8, 4) is 34.5 Å². The first-order chi connectivity index (χ1) is 16.7. The Hall–Kier alpha value is -4.48. The lowest BCUT2D eigenvalue weighted by Crippen LogP contribution is -2.35. The summed E-state index contributed by atoms with van der Waals surface area (Å²) in [6.07, 6.45) is 1.98. The molecule has 2 aliphatic rings. The molecular weight excluding hydrogens is 442 g/mol. The number of nitrogens with one attached hydrogen (secondary N) is 1. The second-order valence-electron chi connectivity index (χ2n) is 7.77. The molecule has 1 aromatic carbocycles. The Balaban J connectivity index is 1.19. The van der Waals surface area contributed by atoms with Gasteiger partial charge < -0.3 is 18.9 Å². The van der Waals surface area contributed by atoms with Crippen LogP contribution >= 0.6 is 0 Å². The number of benzene rings is 1. The van der Waals surface area contributed by atoms with Crippen LogP contribution in [0.4, 0.5) is 0 Å². The average Bonchev–Trinajstić information content (AvgIpc) is 3.39. The molecule has 3 aromatic heterocycles. The van der Waals surface area contributed by atoms with Crippen LogP contribution in [0.3, 0.4) is 0 Å². The van der Waals surface area contributed by atoms with E-state index >= 15 is 0 Å². The van der Waals surface area contributed by atoms with Crippen LogP contribution < -0.4 is 24.6 Å². The van der Waals surface area contributed by atoms with Crippen LogP contribution in [0.2, 0.25) is 0 Å². The van der Waals surface area contributed by atoms with Gasteiger partial charge in [-0.25, -0.2) is 9.78 Å². The lowest BCUT2D eigenvalue weighted by molar-refractivity contribution is 0.0486. The fourth-order valence-electron chi connectivity index (χ4n) is 3.96. The Morgan fingerprint density at radius 3 is 3.09 bits per heavy atom. The zero-order valence-corrected chi connectivity index (χ0v) is 17.9. The second-order valence-corrected chi connectivity index (χ2v) is 7.77. The lowest BCUT2D eigenvalue weighted by Gasteiger charge is -2.25. The molecule has 12 nitrogen and oxygen atoms in total. The largest absolute Gasteiger partial charge is 0.485 e. The average molecular weight is 461 g/mol. The molecule has 0 fully saturated rings. The smallest absolute Gasteiger partial charge is 0.351 e. The number of H-pyrrole nitrogens is 1. The van der Waals surface area contributed by atoms with Crippen molar-refractivity contribution < 1.29 is 18.9 Å². The lowest BCUT2D eigenvalue weighted by atomic mass is 9.97. The van der Waals surface area contributed by atoms with Crippen LogP contribution in [-0.2, 0) is 19.6 Å². The molecule has 12 heteroatoms. The summed E-state index contributed by atoms with van der Waals surface area (Å²) in [5.41, 5.74) is 2.39. The van der Waals surface area contributed by atoms with Gasteiger partial charge in [-0.05, 0) is 42.3 Å². The SMILES string of the molecule is O=c1nc(OCC2COc3ncccc3O2)cc2n1CCc1cc(OCc3nn[nH]n3)ccc1-2. The first-order valence-corrected chi connectivity index (χ1v) is 10.7. The van der Waals surface area contributed by atoms with E-state index in [2.05, 4.69) is 30.6 Å². The molecule has 172 valence electrons. The summed E-state index contributed by atoms with van der Waals surface area (Å²) < 4.78 is 24.7. The Bertz CT molecular complexity index is 1390. The summed E-state index contributed by atoms with van der Waals surface area (Å²) in [5, 5.41) is 13.7. The quantitative estimate of drug-likeness (QED) is 0.445. The minimum atomic E-state index is -0.356. The number of aromatic amines is 1. The topological polar surface area (TPSA) is 139 Å². The normalized spacial score (nSPS) is 15.8. The van der Waals surface area contributed by atoms with E-state index in [1.165, 1.54) is 0 Å². The monoisotopic (exact) mass is 461 g/mol. The van der Waals surface area contributed by atoms with Crippen LogP contribution in [0.5, 0.6) is 23.3 Å². The molecule has 34 heavy (non-hydrogen) atoms. The maximum Gasteiger partial charge on any atom is 0.351 e. The number of aromatic nitrogens is 7. The predicted molar refractivity (Wildman–Crippen MR) is 116 cm³/mol. The molecule has 0 saturated carbocycles. The summed E-state index contributed by atoms with van der Waals surface area (Å²) in [5.74, 6) is 2.42. The Morgan fingerprint density at radius 1 is 1.21 bits per heavy atom. The van der Waals surface area contributed by atoms with E-state index in [9.17, 15) is 4.79 Å². The van der Waals surface area contributed by atoms with Gasteiger partial charge in [0.2, 0.25) is 11.7 Å². The minimum absolute atomic E-state index is 0.181. The molecule has 0 saturated heterocycles. The molecule has 1 atom stereocenters. The zero-order chi connectivity index (χ0) is 22.9. The molecule has 6 rings (SSSR count). The summed E-state index contributed by atoms with van der Waals surface area (Å²) in [4.78, 5) is 20.9. The Kier molecular flexibility index (Phi) is 5.02. The molecule has 1 N–H and O–H groups in total. The van der Waals surface area contributed by atoms with Gasteiger partial charge in [0.15, 0.2) is 18.5 Å². The van der Waals surface area contributed by atoms with E-state index in [0.29, 0.717) is 42.8 Å². The highest BCUT2D eigenvalue weighted by Gasteiger charge is 2.24. The first-order valence-electron chi connectivity index (χ1n) is 10.7. The summed E-state index contributed by atoms with van der Waals surface area (Å²) in [6.45, 7) is 1.20. The molecule has 0 bridgehead atoms. The van der Waals surface area contributed by atoms with Crippen molar-refractivity contribution in [3.63, 3.8) is 0 Å². The van der Waals surface area contributed by atoms with Crippen LogP contribution in [0.25, 0.3) is 11.3 Å². The van der Waals surface area contributed by atoms with E-state index < -0.39 is 0 Å². The Morgan fingerprint density at radius 2 is 2.18 bits per heavy atom. The molecule has 0 radical (unpaired) electrons. The number of aryl methyl sites for hydroxylation is 1. The van der Waals surface area contributed by atoms with Gasteiger partial charge >= 0.3 is 5.69 Å². The highest BCUT2D eigenvalue weighted by molar-refractivity contribution is 5.67. The van der Waals surface area contributed by atoms with Gasteiger partial charge in [-0.3, -0.25) is 4.57 Å². The molecule has 0 amide bonds. The third-order valence-corrected chi connectivity index (χ3v) is 5.56. The highest BCUT2D eigenvalue weighted by Crippen LogP contribution is 2.33. The second kappa shape index (κ2) is 8.46. The molecule has 0 spiro atoms. The van der Waals surface area contributed by atoms with Crippen molar-refractivity contribution in [2.75, 3.05) is 13.2 Å². The molecule has 5 heterocycles. The van der Waals surface area contributed by atoms with Crippen molar-refractivity contribution in [2.24, 2.45) is 0 Å². The highest BCUT2D eigenvalue weighted by atomic mass is 16.6. The third-order valence-electron chi connectivity index (χ3n) is 5.56. The van der Waals surface area contributed by atoms with Crippen LogP contribution in [0.1, 0.15) is 11.4 Å². The number of pyridine rings is 1. The fraction of sp³-hybridized carbons (Fsp3) is 0.273. The number of rotatable bonds is 6.